The largest absolute Gasteiger partial charge is 0.496 e. The maximum Gasteiger partial charge on any atom is 0.416 e. The number of benzene rings is 8. The predicted molar refractivity (Wildman–Crippen MR) is 478 cm³/mol. The Labute approximate surface area is 722 Å². The van der Waals surface area contributed by atoms with Crippen LogP contribution in [0.15, 0.2) is 174 Å². The molecule has 4 saturated heterocycles. The molecule has 8 aliphatic heterocycles. The Hall–Kier alpha value is -10.2. The number of rotatable bonds is 25. The lowest BCUT2D eigenvalue weighted by Crippen LogP contribution is -2.47. The van der Waals surface area contributed by atoms with Gasteiger partial charge >= 0.3 is 6.18 Å². The highest BCUT2D eigenvalue weighted by molar-refractivity contribution is 9.10. The smallest absolute Gasteiger partial charge is 0.416 e. The maximum atomic E-state index is 13.0. The molecule has 0 aliphatic carbocycles. The van der Waals surface area contributed by atoms with Gasteiger partial charge in [0.15, 0.2) is 0 Å². The highest BCUT2D eigenvalue weighted by atomic mass is 79.9. The number of amides is 4. The molecule has 0 bridgehead atoms. The second-order valence-corrected chi connectivity index (χ2v) is 32.9. The molecule has 0 N–H and O–H groups in total. The number of alkyl halides is 3. The minimum Gasteiger partial charge on any atom is -0.496 e. The van der Waals surface area contributed by atoms with Gasteiger partial charge in [-0.25, -0.2) is 0 Å². The molecule has 16 rings (SSSR count). The molecule has 0 spiro atoms. The minimum atomic E-state index is -4.33. The fourth-order valence-corrected chi connectivity index (χ4v) is 18.3. The van der Waals surface area contributed by atoms with E-state index >= 15 is 0 Å². The Bertz CT molecular complexity index is 4700. The number of piperazine rings is 4. The summed E-state index contributed by atoms with van der Waals surface area (Å²) in [7, 11) is 6.71. The van der Waals surface area contributed by atoms with Crippen LogP contribution < -0.4 is 58.1 Å². The first kappa shape index (κ1) is 88.6. The monoisotopic (exact) mass is 1740 g/mol. The molecule has 23 nitrogen and oxygen atoms in total. The van der Waals surface area contributed by atoms with Gasteiger partial charge in [0.1, 0.15) is 23.0 Å². The predicted octanol–water partition coefficient (Wildman–Crippen LogP) is 15.1. The van der Waals surface area contributed by atoms with Crippen LogP contribution in [0.2, 0.25) is 5.02 Å². The molecule has 28 heteroatoms. The maximum absolute atomic E-state index is 13.0. The molecule has 4 fully saturated rings. The summed E-state index contributed by atoms with van der Waals surface area (Å²) >= 11 is 9.69. The summed E-state index contributed by atoms with van der Waals surface area (Å²) in [5.74, 6) is 4.22. The first-order valence-electron chi connectivity index (χ1n) is 42.4. The number of methoxy groups -OCH3 is 4. The van der Waals surface area contributed by atoms with E-state index in [1.807, 2.05) is 122 Å². The lowest BCUT2D eigenvalue weighted by atomic mass is 10.00. The van der Waals surface area contributed by atoms with Crippen LogP contribution in [0.3, 0.4) is 0 Å². The highest BCUT2D eigenvalue weighted by Crippen LogP contribution is 2.40. The summed E-state index contributed by atoms with van der Waals surface area (Å²) < 4.78 is 62.0. The molecule has 0 aromatic heterocycles. The Morgan fingerprint density at radius 1 is 0.355 bits per heavy atom. The van der Waals surface area contributed by atoms with Gasteiger partial charge in [-0.2, -0.15) is 13.2 Å². The van der Waals surface area contributed by atoms with Gasteiger partial charge in [0.25, 0.3) is 5.69 Å². The lowest BCUT2D eigenvalue weighted by Gasteiger charge is -2.37. The topological polar surface area (TPSA) is 187 Å². The van der Waals surface area contributed by atoms with E-state index < -0.39 is 11.7 Å². The molecule has 4 amide bonds. The number of carbonyl (C=O) groups excluding carboxylic acids is 4. The Morgan fingerprint density at radius 2 is 0.636 bits per heavy atom. The summed E-state index contributed by atoms with van der Waals surface area (Å²) in [4.78, 5) is 87.2. The van der Waals surface area contributed by atoms with E-state index in [0.29, 0.717) is 64.0 Å². The second kappa shape index (κ2) is 42.6. The van der Waals surface area contributed by atoms with Gasteiger partial charge in [-0.15, -0.1) is 0 Å². The van der Waals surface area contributed by atoms with Gasteiger partial charge < -0.3 is 58.1 Å². The van der Waals surface area contributed by atoms with Gasteiger partial charge in [0, 0.05) is 223 Å². The average Bonchev–Trinajstić information content (AvgIpc) is 0.798. The average molecular weight is 1740 g/mol. The SMILES string of the molecule is COc1cccc2c1CCC(=O)N2CCCN1CCN(c2cccc(Br)c2)CC1.COc1cccc2c1CCC(=O)N2CCCN1CCN(c2cccc(C(F)(F)F)c2)CC1.COc1cccc2c1CCC(=O)N2CCCN1CCN(c2cccc(Cl)c2)CC1.COc1cccc2c1CCC(=O)N2CCCN1CCN(c2cccc([N+](=O)[O-])c2)CC1. The molecule has 8 aromatic carbocycles. The summed E-state index contributed by atoms with van der Waals surface area (Å²) in [6, 6.07) is 52.7. The second-order valence-electron chi connectivity index (χ2n) is 31.5. The fraction of sp³-hybridized carbons (Fsp3) is 0.441. The molecule has 8 aliphatic rings. The molecule has 0 saturated carbocycles. The van der Waals surface area contributed by atoms with E-state index in [-0.39, 0.29) is 34.2 Å². The molecular weight excluding hydrogens is 1630 g/mol. The van der Waals surface area contributed by atoms with E-state index in [2.05, 4.69) is 80.6 Å². The number of ether oxygens (including phenoxy) is 4. The Morgan fingerprint density at radius 3 is 0.934 bits per heavy atom. The number of halogens is 5. The van der Waals surface area contributed by atoms with Crippen molar-refractivity contribution in [3.8, 4) is 23.0 Å². The number of carbonyl (C=O) groups is 4. The van der Waals surface area contributed by atoms with Crippen LogP contribution in [-0.2, 0) is 51.0 Å². The van der Waals surface area contributed by atoms with Crippen LogP contribution in [0, 0.1) is 10.1 Å². The van der Waals surface area contributed by atoms with Crippen molar-refractivity contribution in [2.24, 2.45) is 0 Å². The molecular formula is C93H112BrClF3N13O10. The first-order chi connectivity index (χ1) is 58.7. The zero-order valence-electron chi connectivity index (χ0n) is 69.9. The van der Waals surface area contributed by atoms with Gasteiger partial charge in [-0.3, -0.25) is 48.9 Å². The lowest BCUT2D eigenvalue weighted by molar-refractivity contribution is -0.384. The van der Waals surface area contributed by atoms with Crippen LogP contribution in [0.5, 0.6) is 23.0 Å². The number of fused-ring (bicyclic) bond motifs is 4. The van der Waals surface area contributed by atoms with E-state index in [1.165, 1.54) is 29.6 Å². The van der Waals surface area contributed by atoms with Crippen LogP contribution in [0.1, 0.15) is 79.2 Å². The molecule has 0 radical (unpaired) electrons. The zero-order chi connectivity index (χ0) is 84.9. The van der Waals surface area contributed by atoms with E-state index in [0.717, 1.165) is 265 Å². The molecule has 8 heterocycles. The van der Waals surface area contributed by atoms with Crippen molar-refractivity contribution in [2.75, 3.05) is 225 Å². The first-order valence-corrected chi connectivity index (χ1v) is 43.6. The van der Waals surface area contributed by atoms with Crippen molar-refractivity contribution in [1.82, 2.24) is 19.6 Å². The standard InChI is InChI=1S/C24H28F3N3O2.C23H28BrN3O2.C23H28ClN3O2.C23H28N4O4/c1-32-22-8-3-7-21-20(22)9-10-23(31)30(21)12-4-11-28-13-15-29(16-14-28)19-6-2-5-18(17-19)24(25,26)27;2*1-29-22-8-3-7-21-20(22)9-10-23(28)27(21)12-4-11-25-13-15-26(16-14-25)19-6-2-5-18(24)17-19;1-31-22-8-3-7-21-20(22)9-10-23(28)26(21)12-4-11-24-13-15-25(16-14-24)18-5-2-6-19(17-18)27(29)30/h2-3,5-8,17H,4,9-16H2,1H3;2*2-3,5-8,17H,4,9-16H2,1H3;2-3,5-8,17H,4,9-16H2,1H3. The van der Waals surface area contributed by atoms with Gasteiger partial charge in [0.2, 0.25) is 23.6 Å². The van der Waals surface area contributed by atoms with Gasteiger partial charge in [-0.1, -0.05) is 76.1 Å². The van der Waals surface area contributed by atoms with E-state index in [1.54, 1.807) is 46.6 Å². The molecule has 0 unspecified atom stereocenters. The van der Waals surface area contributed by atoms with Crippen molar-refractivity contribution in [3.05, 3.63) is 217 Å². The summed E-state index contributed by atoms with van der Waals surface area (Å²) in [6.45, 7) is 21.4. The van der Waals surface area contributed by atoms with E-state index in [9.17, 15) is 42.5 Å². The van der Waals surface area contributed by atoms with Crippen molar-refractivity contribution < 1.29 is 56.2 Å². The summed E-state index contributed by atoms with van der Waals surface area (Å²) in [5.41, 5.74) is 12.0. The van der Waals surface area contributed by atoms with Crippen molar-refractivity contribution in [2.45, 2.75) is 83.2 Å². The quantitative estimate of drug-likeness (QED) is 0.0388. The van der Waals surface area contributed by atoms with Crippen LogP contribution in [-0.4, -0.2) is 234 Å². The normalized spacial score (nSPS) is 17.3. The Balaban J connectivity index is 0.000000139. The van der Waals surface area contributed by atoms with Crippen molar-refractivity contribution >= 4 is 102 Å². The zero-order valence-corrected chi connectivity index (χ0v) is 72.2. The number of nitro groups is 1. The van der Waals surface area contributed by atoms with Crippen LogP contribution in [0.4, 0.5) is 64.4 Å². The van der Waals surface area contributed by atoms with Gasteiger partial charge in [0.05, 0.1) is 61.7 Å². The Kier molecular flexibility index (Phi) is 31.2. The van der Waals surface area contributed by atoms with Crippen LogP contribution >= 0.6 is 27.5 Å². The number of nitrogens with zero attached hydrogens (tertiary/aromatic N) is 13. The summed E-state index contributed by atoms with van der Waals surface area (Å²) in [5, 5.41) is 11.8. The number of hydrogen-bond donors (Lipinski definition) is 0. The number of non-ortho nitro benzene ring substituents is 1. The number of nitro benzene ring substituents is 1. The third-order valence-corrected chi connectivity index (χ3v) is 25.0. The third kappa shape index (κ3) is 23.0. The molecule has 8 aromatic rings. The van der Waals surface area contributed by atoms with Gasteiger partial charge in [-0.05, 0) is 187 Å². The highest BCUT2D eigenvalue weighted by Gasteiger charge is 2.34. The molecule has 644 valence electrons. The fourth-order valence-electron chi connectivity index (χ4n) is 17.7. The minimum absolute atomic E-state index is 0.128. The third-order valence-electron chi connectivity index (χ3n) is 24.2. The van der Waals surface area contributed by atoms with Crippen molar-refractivity contribution in [3.63, 3.8) is 0 Å². The molecule has 121 heavy (non-hydrogen) atoms. The van der Waals surface area contributed by atoms with E-state index in [4.69, 9.17) is 30.5 Å². The molecule has 0 atom stereocenters. The number of hydrogen-bond acceptors (Lipinski definition) is 18. The number of anilines is 8. The van der Waals surface area contributed by atoms with Crippen LogP contribution in [0.25, 0.3) is 0 Å². The van der Waals surface area contributed by atoms with Crippen molar-refractivity contribution in [1.29, 1.82) is 0 Å². The summed E-state index contributed by atoms with van der Waals surface area (Å²) in [6.07, 6.45) is 4.48.